The molecule has 0 aromatic carbocycles. The van der Waals surface area contributed by atoms with E-state index in [1.165, 1.54) is 12.8 Å². The van der Waals surface area contributed by atoms with Crippen molar-refractivity contribution in [2.24, 2.45) is 11.8 Å². The van der Waals surface area contributed by atoms with Gasteiger partial charge >= 0.3 is 0 Å². The summed E-state index contributed by atoms with van der Waals surface area (Å²) in [7, 11) is 2.04. The highest BCUT2D eigenvalue weighted by atomic mass is 16.1. The van der Waals surface area contributed by atoms with Gasteiger partial charge in [-0.05, 0) is 25.8 Å². The van der Waals surface area contributed by atoms with Crippen molar-refractivity contribution in [2.45, 2.75) is 26.7 Å². The first kappa shape index (κ1) is 9.72. The Hall–Kier alpha value is -0.370. The Balaban J connectivity index is 2.15. The molecule has 2 nitrogen and oxygen atoms in total. The molecule has 1 aliphatic carbocycles. The lowest BCUT2D eigenvalue weighted by molar-refractivity contribution is -0.122. The predicted molar refractivity (Wildman–Crippen MR) is 50.1 cm³/mol. The molecule has 0 aliphatic heterocycles. The summed E-state index contributed by atoms with van der Waals surface area (Å²) < 4.78 is 0. The van der Waals surface area contributed by atoms with Gasteiger partial charge in [-0.15, -0.1) is 0 Å². The summed E-state index contributed by atoms with van der Waals surface area (Å²) in [6.45, 7) is 5.67. The zero-order chi connectivity index (χ0) is 9.14. The lowest BCUT2D eigenvalue weighted by Crippen LogP contribution is -2.30. The summed E-state index contributed by atoms with van der Waals surface area (Å²) in [5.41, 5.74) is 0. The molecule has 0 unspecified atom stereocenters. The van der Waals surface area contributed by atoms with Gasteiger partial charge in [0.05, 0.1) is 6.54 Å². The molecule has 1 saturated carbocycles. The van der Waals surface area contributed by atoms with Crippen LogP contribution in [0.3, 0.4) is 0 Å². The van der Waals surface area contributed by atoms with Crippen molar-refractivity contribution in [1.82, 2.24) is 4.90 Å². The van der Waals surface area contributed by atoms with Gasteiger partial charge in [-0.3, -0.25) is 9.69 Å². The van der Waals surface area contributed by atoms with Gasteiger partial charge < -0.3 is 0 Å². The van der Waals surface area contributed by atoms with Crippen LogP contribution < -0.4 is 0 Å². The van der Waals surface area contributed by atoms with Crippen LogP contribution in [0.5, 0.6) is 0 Å². The summed E-state index contributed by atoms with van der Waals surface area (Å²) in [5, 5.41) is 0. The van der Waals surface area contributed by atoms with Crippen LogP contribution in [0.4, 0.5) is 0 Å². The SMILES string of the molecule is CC(C)C(=O)CN(C)CC1CC1. The van der Waals surface area contributed by atoms with Crippen molar-refractivity contribution in [3.05, 3.63) is 0 Å². The van der Waals surface area contributed by atoms with Gasteiger partial charge in [0, 0.05) is 12.5 Å². The molecule has 70 valence electrons. The molecule has 0 atom stereocenters. The molecule has 0 bridgehead atoms. The van der Waals surface area contributed by atoms with E-state index in [-0.39, 0.29) is 5.92 Å². The second-order valence-electron chi connectivity index (χ2n) is 4.26. The van der Waals surface area contributed by atoms with Crippen LogP contribution in [0.15, 0.2) is 0 Å². The zero-order valence-electron chi connectivity index (χ0n) is 8.34. The fraction of sp³-hybridized carbons (Fsp3) is 0.900. The number of carbonyl (C=O) groups excluding carboxylic acids is 1. The Morgan fingerprint density at radius 1 is 1.50 bits per heavy atom. The van der Waals surface area contributed by atoms with Gasteiger partial charge in [-0.25, -0.2) is 0 Å². The second-order valence-corrected chi connectivity index (χ2v) is 4.26. The van der Waals surface area contributed by atoms with E-state index in [1.54, 1.807) is 0 Å². The van der Waals surface area contributed by atoms with Crippen molar-refractivity contribution in [3.63, 3.8) is 0 Å². The highest BCUT2D eigenvalue weighted by Crippen LogP contribution is 2.29. The molecule has 2 heteroatoms. The summed E-state index contributed by atoms with van der Waals surface area (Å²) in [5.74, 6) is 1.43. The van der Waals surface area contributed by atoms with Crippen LogP contribution in [0.25, 0.3) is 0 Å². The number of nitrogens with zero attached hydrogens (tertiary/aromatic N) is 1. The quantitative estimate of drug-likeness (QED) is 0.622. The van der Waals surface area contributed by atoms with Gasteiger partial charge in [-0.1, -0.05) is 13.8 Å². The van der Waals surface area contributed by atoms with E-state index < -0.39 is 0 Å². The maximum atomic E-state index is 11.3. The van der Waals surface area contributed by atoms with E-state index in [9.17, 15) is 4.79 Å². The van der Waals surface area contributed by atoms with Gasteiger partial charge in [-0.2, -0.15) is 0 Å². The minimum absolute atomic E-state index is 0.187. The number of rotatable bonds is 5. The molecule has 1 rings (SSSR count). The van der Waals surface area contributed by atoms with Gasteiger partial charge in [0.2, 0.25) is 0 Å². The third-order valence-corrected chi connectivity index (χ3v) is 2.34. The number of Topliss-reactive ketones (excluding diaryl/α,β-unsaturated/α-hetero) is 1. The first-order chi connectivity index (χ1) is 5.59. The first-order valence-corrected chi connectivity index (χ1v) is 4.81. The molecular formula is C10H19NO. The van der Waals surface area contributed by atoms with E-state index in [1.807, 2.05) is 20.9 Å². The van der Waals surface area contributed by atoms with Crippen LogP contribution >= 0.6 is 0 Å². The highest BCUT2D eigenvalue weighted by Gasteiger charge is 2.23. The molecule has 0 amide bonds. The number of carbonyl (C=O) groups is 1. The molecule has 0 N–H and O–H groups in total. The van der Waals surface area contributed by atoms with Crippen molar-refractivity contribution >= 4 is 5.78 Å². The third kappa shape index (κ3) is 3.35. The average Bonchev–Trinajstić information content (AvgIpc) is 2.71. The Morgan fingerprint density at radius 3 is 2.50 bits per heavy atom. The molecule has 12 heavy (non-hydrogen) atoms. The van der Waals surface area contributed by atoms with Crippen LogP contribution in [-0.4, -0.2) is 30.8 Å². The summed E-state index contributed by atoms with van der Waals surface area (Å²) >= 11 is 0. The zero-order valence-corrected chi connectivity index (χ0v) is 8.34. The summed E-state index contributed by atoms with van der Waals surface area (Å²) in [6.07, 6.45) is 2.72. The second kappa shape index (κ2) is 4.04. The maximum Gasteiger partial charge on any atom is 0.149 e. The summed E-state index contributed by atoms with van der Waals surface area (Å²) in [6, 6.07) is 0. The van der Waals surface area contributed by atoms with Crippen LogP contribution in [0, 0.1) is 11.8 Å². The largest absolute Gasteiger partial charge is 0.299 e. The van der Waals surface area contributed by atoms with Crippen LogP contribution in [-0.2, 0) is 4.79 Å². The standard InChI is InChI=1S/C10H19NO/c1-8(2)10(12)7-11(3)6-9-4-5-9/h8-9H,4-7H2,1-3H3. The minimum Gasteiger partial charge on any atom is -0.299 e. The van der Waals surface area contributed by atoms with Crippen molar-refractivity contribution in [1.29, 1.82) is 0 Å². The smallest absolute Gasteiger partial charge is 0.149 e. The van der Waals surface area contributed by atoms with E-state index in [0.717, 1.165) is 12.5 Å². The lowest BCUT2D eigenvalue weighted by Gasteiger charge is -2.16. The van der Waals surface area contributed by atoms with Crippen molar-refractivity contribution in [3.8, 4) is 0 Å². The fourth-order valence-corrected chi connectivity index (χ4v) is 1.25. The molecule has 0 radical (unpaired) electrons. The van der Waals surface area contributed by atoms with Gasteiger partial charge in [0.1, 0.15) is 5.78 Å². The first-order valence-electron chi connectivity index (χ1n) is 4.81. The lowest BCUT2D eigenvalue weighted by atomic mass is 10.1. The van der Waals surface area contributed by atoms with Crippen LogP contribution in [0.1, 0.15) is 26.7 Å². The predicted octanol–water partition coefficient (Wildman–Crippen LogP) is 1.55. The minimum atomic E-state index is 0.187. The molecular weight excluding hydrogens is 150 g/mol. The average molecular weight is 169 g/mol. The van der Waals surface area contributed by atoms with E-state index in [2.05, 4.69) is 4.90 Å². The highest BCUT2D eigenvalue weighted by molar-refractivity contribution is 5.82. The molecule has 0 aromatic rings. The van der Waals surface area contributed by atoms with E-state index in [0.29, 0.717) is 12.3 Å². The van der Waals surface area contributed by atoms with Gasteiger partial charge in [0.25, 0.3) is 0 Å². The third-order valence-electron chi connectivity index (χ3n) is 2.34. The van der Waals surface area contributed by atoms with Crippen molar-refractivity contribution < 1.29 is 4.79 Å². The molecule has 0 aromatic heterocycles. The molecule has 0 heterocycles. The number of hydrogen-bond acceptors (Lipinski definition) is 2. The molecule has 1 fully saturated rings. The number of ketones is 1. The van der Waals surface area contributed by atoms with Crippen molar-refractivity contribution in [2.75, 3.05) is 20.1 Å². The van der Waals surface area contributed by atoms with Crippen LogP contribution in [0.2, 0.25) is 0 Å². The Bertz CT molecular complexity index is 161. The van der Waals surface area contributed by atoms with E-state index >= 15 is 0 Å². The number of hydrogen-bond donors (Lipinski definition) is 0. The molecule has 0 saturated heterocycles. The van der Waals surface area contributed by atoms with E-state index in [4.69, 9.17) is 0 Å². The Kier molecular flexibility index (Phi) is 3.27. The molecule has 1 aliphatic rings. The normalized spacial score (nSPS) is 17.4. The molecule has 0 spiro atoms. The monoisotopic (exact) mass is 169 g/mol. The topological polar surface area (TPSA) is 20.3 Å². The number of likely N-dealkylation sites (N-methyl/N-ethyl adjacent to an activating group) is 1. The Labute approximate surface area is 74.9 Å². The fourth-order valence-electron chi connectivity index (χ4n) is 1.25. The Morgan fingerprint density at radius 2 is 2.08 bits per heavy atom. The summed E-state index contributed by atoms with van der Waals surface area (Å²) in [4.78, 5) is 13.5. The van der Waals surface area contributed by atoms with Gasteiger partial charge in [0.15, 0.2) is 0 Å². The maximum absolute atomic E-state index is 11.3.